The van der Waals surface area contributed by atoms with Crippen molar-refractivity contribution >= 4 is 52.0 Å². The summed E-state index contributed by atoms with van der Waals surface area (Å²) in [6, 6.07) is 7.73. The van der Waals surface area contributed by atoms with E-state index in [1.54, 1.807) is 24.8 Å². The Bertz CT molecular complexity index is 1010. The van der Waals surface area contributed by atoms with Crippen LogP contribution in [-0.2, 0) is 31.9 Å². The van der Waals surface area contributed by atoms with Gasteiger partial charge in [0.2, 0.25) is 0 Å². The molecule has 1 heterocycles. The first-order valence-electron chi connectivity index (χ1n) is 10.5. The number of hydrogen-bond donors (Lipinski definition) is 1. The van der Waals surface area contributed by atoms with E-state index in [0.717, 1.165) is 40.2 Å². The molecule has 6 nitrogen and oxygen atoms in total. The van der Waals surface area contributed by atoms with Crippen molar-refractivity contribution in [1.82, 2.24) is 0 Å². The van der Waals surface area contributed by atoms with Crippen molar-refractivity contribution in [3.05, 3.63) is 51.9 Å². The number of carbonyl (C=O) groups is 3. The third-order valence-corrected chi connectivity index (χ3v) is 7.03. The molecule has 0 saturated heterocycles. The molecular formula is C24H27NO5S2. The summed E-state index contributed by atoms with van der Waals surface area (Å²) in [6.45, 7) is 3.75. The third-order valence-electron chi connectivity index (χ3n) is 5.12. The van der Waals surface area contributed by atoms with Crippen molar-refractivity contribution in [1.29, 1.82) is 0 Å². The topological polar surface area (TPSA) is 81.7 Å². The van der Waals surface area contributed by atoms with Gasteiger partial charge in [0.25, 0.3) is 5.91 Å². The molecule has 1 unspecified atom stereocenters. The van der Waals surface area contributed by atoms with Gasteiger partial charge in [-0.2, -0.15) is 0 Å². The van der Waals surface area contributed by atoms with E-state index in [-0.39, 0.29) is 6.61 Å². The summed E-state index contributed by atoms with van der Waals surface area (Å²) in [6.07, 6.45) is 7.57. The number of amides is 1. The van der Waals surface area contributed by atoms with E-state index in [0.29, 0.717) is 16.5 Å². The Morgan fingerprint density at radius 2 is 1.97 bits per heavy atom. The lowest BCUT2D eigenvalue weighted by molar-refractivity contribution is -0.142. The molecule has 32 heavy (non-hydrogen) atoms. The van der Waals surface area contributed by atoms with Crippen LogP contribution in [-0.4, -0.2) is 37.3 Å². The summed E-state index contributed by atoms with van der Waals surface area (Å²) in [5, 5.41) is 3.20. The number of nitrogens with one attached hydrogen (secondary N) is 1. The first-order valence-corrected chi connectivity index (χ1v) is 12.6. The van der Waals surface area contributed by atoms with Gasteiger partial charge in [0.1, 0.15) is 5.00 Å². The number of fused-ring (bicyclic) bond motifs is 1. The van der Waals surface area contributed by atoms with Crippen LogP contribution in [0.1, 0.15) is 46.6 Å². The van der Waals surface area contributed by atoms with Crippen LogP contribution in [0.3, 0.4) is 0 Å². The average Bonchev–Trinajstić information content (AvgIpc) is 3.13. The molecule has 0 bridgehead atoms. The Balaban J connectivity index is 1.61. The second-order valence-corrected chi connectivity index (χ2v) is 9.52. The largest absolute Gasteiger partial charge is 0.462 e. The second kappa shape index (κ2) is 11.3. The maximum Gasteiger partial charge on any atom is 0.341 e. The van der Waals surface area contributed by atoms with E-state index in [1.807, 2.05) is 30.5 Å². The molecule has 0 spiro atoms. The molecule has 0 fully saturated rings. The molecule has 0 saturated carbocycles. The molecule has 1 amide bonds. The lowest BCUT2D eigenvalue weighted by Gasteiger charge is -2.18. The highest BCUT2D eigenvalue weighted by molar-refractivity contribution is 7.98. The maximum atomic E-state index is 12.5. The van der Waals surface area contributed by atoms with E-state index in [4.69, 9.17) is 9.47 Å². The summed E-state index contributed by atoms with van der Waals surface area (Å²) < 4.78 is 10.3. The van der Waals surface area contributed by atoms with Crippen LogP contribution in [0, 0.1) is 5.92 Å². The Morgan fingerprint density at radius 3 is 2.66 bits per heavy atom. The van der Waals surface area contributed by atoms with Gasteiger partial charge in [0, 0.05) is 15.8 Å². The zero-order valence-corrected chi connectivity index (χ0v) is 20.1. The molecule has 8 heteroatoms. The van der Waals surface area contributed by atoms with E-state index in [1.165, 1.54) is 17.4 Å². The van der Waals surface area contributed by atoms with E-state index in [9.17, 15) is 14.4 Å². The molecule has 2 aromatic rings. The molecule has 1 aromatic heterocycles. The van der Waals surface area contributed by atoms with Crippen LogP contribution < -0.4 is 5.32 Å². The van der Waals surface area contributed by atoms with Crippen LogP contribution >= 0.6 is 23.1 Å². The fourth-order valence-electron chi connectivity index (χ4n) is 3.48. The molecular weight excluding hydrogens is 446 g/mol. The van der Waals surface area contributed by atoms with Gasteiger partial charge in [0.05, 0.1) is 12.2 Å². The quantitative estimate of drug-likeness (QED) is 0.331. The van der Waals surface area contributed by atoms with Crippen molar-refractivity contribution in [2.24, 2.45) is 5.92 Å². The van der Waals surface area contributed by atoms with Gasteiger partial charge in [-0.15, -0.1) is 23.1 Å². The summed E-state index contributed by atoms with van der Waals surface area (Å²) in [5.74, 6) is -1.00. The van der Waals surface area contributed by atoms with Gasteiger partial charge in [-0.1, -0.05) is 19.1 Å². The lowest BCUT2D eigenvalue weighted by atomic mass is 9.88. The molecule has 0 aliphatic heterocycles. The van der Waals surface area contributed by atoms with Crippen LogP contribution in [0.15, 0.2) is 35.2 Å². The zero-order chi connectivity index (χ0) is 23.1. The Labute approximate surface area is 196 Å². The predicted octanol–water partition coefficient (Wildman–Crippen LogP) is 4.97. The summed E-state index contributed by atoms with van der Waals surface area (Å²) >= 11 is 3.04. The van der Waals surface area contributed by atoms with Crippen LogP contribution in [0.5, 0.6) is 0 Å². The normalized spacial score (nSPS) is 15.3. The highest BCUT2D eigenvalue weighted by Gasteiger charge is 2.29. The number of thioether (sulfide) groups is 1. The molecule has 1 N–H and O–H groups in total. The minimum atomic E-state index is -0.612. The van der Waals surface area contributed by atoms with Crippen LogP contribution in [0.2, 0.25) is 0 Å². The average molecular weight is 474 g/mol. The van der Waals surface area contributed by atoms with E-state index in [2.05, 4.69) is 12.2 Å². The molecule has 1 aromatic carbocycles. The van der Waals surface area contributed by atoms with E-state index < -0.39 is 24.5 Å². The smallest absolute Gasteiger partial charge is 0.341 e. The summed E-state index contributed by atoms with van der Waals surface area (Å²) in [4.78, 5) is 39.2. The van der Waals surface area contributed by atoms with Crippen molar-refractivity contribution in [2.75, 3.05) is 24.8 Å². The third kappa shape index (κ3) is 6.23. The Hall–Kier alpha value is -2.58. The number of ether oxygens (including phenoxy) is 2. The standard InChI is InChI=1S/C24H27NO5S2/c1-4-29-24(28)22-18-11-5-15(2)13-19(18)32-23(22)25-20(26)14-30-21(27)12-8-16-6-9-17(31-3)10-7-16/h6-10,12,15H,4-5,11,13-14H2,1-3H3,(H,25,26). The number of esters is 2. The predicted molar refractivity (Wildman–Crippen MR) is 128 cm³/mol. The van der Waals surface area contributed by atoms with Crippen LogP contribution in [0.25, 0.3) is 6.08 Å². The molecule has 0 radical (unpaired) electrons. The summed E-state index contributed by atoms with van der Waals surface area (Å²) in [7, 11) is 0. The number of carbonyl (C=O) groups excluding carboxylic acids is 3. The van der Waals surface area contributed by atoms with Crippen molar-refractivity contribution < 1.29 is 23.9 Å². The van der Waals surface area contributed by atoms with Gasteiger partial charge in [-0.25, -0.2) is 9.59 Å². The molecule has 1 aliphatic carbocycles. The monoisotopic (exact) mass is 473 g/mol. The molecule has 3 rings (SSSR count). The SMILES string of the molecule is CCOC(=O)c1c(NC(=O)COC(=O)C=Cc2ccc(SC)cc2)sc2c1CCC(C)C2. The first kappa shape index (κ1) is 24.1. The van der Waals surface area contributed by atoms with Gasteiger partial charge in [0.15, 0.2) is 6.61 Å². The van der Waals surface area contributed by atoms with Gasteiger partial charge >= 0.3 is 11.9 Å². The molecule has 170 valence electrons. The fraction of sp³-hybridized carbons (Fsp3) is 0.375. The lowest BCUT2D eigenvalue weighted by Crippen LogP contribution is -2.21. The van der Waals surface area contributed by atoms with E-state index >= 15 is 0 Å². The fourth-order valence-corrected chi connectivity index (χ4v) is 5.31. The van der Waals surface area contributed by atoms with Crippen molar-refractivity contribution in [2.45, 2.75) is 38.0 Å². The van der Waals surface area contributed by atoms with Gasteiger partial charge in [-0.3, -0.25) is 4.79 Å². The van der Waals surface area contributed by atoms with Crippen molar-refractivity contribution in [3.8, 4) is 0 Å². The highest BCUT2D eigenvalue weighted by atomic mass is 32.2. The number of anilines is 1. The van der Waals surface area contributed by atoms with Crippen molar-refractivity contribution in [3.63, 3.8) is 0 Å². The first-order chi connectivity index (χ1) is 15.4. The molecule has 1 atom stereocenters. The minimum absolute atomic E-state index is 0.261. The Kier molecular flexibility index (Phi) is 8.53. The van der Waals surface area contributed by atoms with Gasteiger partial charge < -0.3 is 14.8 Å². The molecule has 1 aliphatic rings. The van der Waals surface area contributed by atoms with Gasteiger partial charge in [-0.05, 0) is 67.7 Å². The second-order valence-electron chi connectivity index (χ2n) is 7.54. The number of thiophene rings is 1. The number of rotatable bonds is 8. The zero-order valence-electron chi connectivity index (χ0n) is 18.4. The number of benzene rings is 1. The Morgan fingerprint density at radius 1 is 1.22 bits per heavy atom. The number of hydrogen-bond acceptors (Lipinski definition) is 7. The van der Waals surface area contributed by atoms with Crippen LogP contribution in [0.4, 0.5) is 5.00 Å². The maximum absolute atomic E-state index is 12.5. The minimum Gasteiger partial charge on any atom is -0.462 e. The summed E-state index contributed by atoms with van der Waals surface area (Å²) in [5.41, 5.74) is 2.27. The highest BCUT2D eigenvalue weighted by Crippen LogP contribution is 2.40.